The number of carbonyl (C=O) groups excluding carboxylic acids is 1. The molecule has 1 aromatic rings. The van der Waals surface area contributed by atoms with Gasteiger partial charge in [-0.15, -0.1) is 0 Å². The number of nitrogens with one attached hydrogen (secondary N) is 1. The van der Waals surface area contributed by atoms with Crippen LogP contribution in [0, 0.1) is 0 Å². The second kappa shape index (κ2) is 7.56. The van der Waals surface area contributed by atoms with Crippen LogP contribution in [0.5, 0.6) is 0 Å². The van der Waals surface area contributed by atoms with Crippen molar-refractivity contribution in [3.8, 4) is 0 Å². The molecule has 1 amide bonds. The lowest BCUT2D eigenvalue weighted by Crippen LogP contribution is -2.32. The van der Waals surface area contributed by atoms with E-state index < -0.39 is 0 Å². The second-order valence-corrected chi connectivity index (χ2v) is 6.48. The smallest absolute Gasteiger partial charge is 0.256 e. The average molecular weight is 302 g/mol. The fraction of sp³-hybridized carbons (Fsp3) is 0.706. The molecule has 1 N–H and O–H groups in total. The van der Waals surface area contributed by atoms with E-state index in [0.29, 0.717) is 17.6 Å². The van der Waals surface area contributed by atoms with Gasteiger partial charge in [0.15, 0.2) is 0 Å². The predicted molar refractivity (Wildman–Crippen MR) is 86.9 cm³/mol. The molecular formula is C17H26N4O. The molecule has 2 aliphatic rings. The molecule has 1 saturated heterocycles. The summed E-state index contributed by atoms with van der Waals surface area (Å²) in [6.45, 7) is 1.72. The zero-order valence-electron chi connectivity index (χ0n) is 13.3. The molecule has 120 valence electrons. The molecule has 1 aliphatic carbocycles. The van der Waals surface area contributed by atoms with Crippen LogP contribution in [0.3, 0.4) is 0 Å². The molecule has 5 nitrogen and oxygen atoms in total. The van der Waals surface area contributed by atoms with Crippen LogP contribution < -0.4 is 5.32 Å². The van der Waals surface area contributed by atoms with Crippen molar-refractivity contribution >= 4 is 11.9 Å². The Bertz CT molecular complexity index is 474. The van der Waals surface area contributed by atoms with E-state index in [-0.39, 0.29) is 5.91 Å². The first-order valence-corrected chi connectivity index (χ1v) is 8.71. The number of nitrogens with zero attached hydrogens (tertiary/aromatic N) is 3. The zero-order chi connectivity index (χ0) is 15.2. The lowest BCUT2D eigenvalue weighted by Gasteiger charge is -2.23. The van der Waals surface area contributed by atoms with Gasteiger partial charge >= 0.3 is 0 Å². The summed E-state index contributed by atoms with van der Waals surface area (Å²) in [4.78, 5) is 23.1. The van der Waals surface area contributed by atoms with Crippen LogP contribution >= 0.6 is 0 Å². The standard InChI is InChI=1S/C17H26N4O/c22-16(21-10-6-1-2-7-11-21)14-12-18-17(19-13-14)20-15-8-4-3-5-9-15/h12-13,15H,1-11H2,(H,18,19,20). The van der Waals surface area contributed by atoms with Crippen molar-refractivity contribution in [1.82, 2.24) is 14.9 Å². The third-order valence-corrected chi connectivity index (χ3v) is 4.73. The summed E-state index contributed by atoms with van der Waals surface area (Å²) in [6, 6.07) is 0.487. The first kappa shape index (κ1) is 15.3. The van der Waals surface area contributed by atoms with Crippen molar-refractivity contribution in [2.75, 3.05) is 18.4 Å². The van der Waals surface area contributed by atoms with Crippen LogP contribution in [0.1, 0.15) is 68.1 Å². The van der Waals surface area contributed by atoms with Crippen molar-refractivity contribution < 1.29 is 4.79 Å². The number of rotatable bonds is 3. The SMILES string of the molecule is O=C(c1cnc(NC2CCCCC2)nc1)N1CCCCCC1. The monoisotopic (exact) mass is 302 g/mol. The maximum absolute atomic E-state index is 12.5. The normalized spacial score (nSPS) is 20.5. The summed E-state index contributed by atoms with van der Waals surface area (Å²) >= 11 is 0. The minimum atomic E-state index is 0.0751. The van der Waals surface area contributed by atoms with Gasteiger partial charge in [-0.2, -0.15) is 0 Å². The Hall–Kier alpha value is -1.65. The molecule has 0 unspecified atom stereocenters. The lowest BCUT2D eigenvalue weighted by molar-refractivity contribution is 0.0761. The summed E-state index contributed by atoms with van der Waals surface area (Å²) in [5.41, 5.74) is 0.607. The number of hydrogen-bond acceptors (Lipinski definition) is 4. The van der Waals surface area contributed by atoms with Gasteiger partial charge in [0.25, 0.3) is 5.91 Å². The van der Waals surface area contributed by atoms with Crippen molar-refractivity contribution in [1.29, 1.82) is 0 Å². The van der Waals surface area contributed by atoms with Gasteiger partial charge in [-0.05, 0) is 25.7 Å². The quantitative estimate of drug-likeness (QED) is 0.931. The Morgan fingerprint density at radius 1 is 0.955 bits per heavy atom. The summed E-state index contributed by atoms with van der Waals surface area (Å²) in [6.07, 6.45) is 14.3. The fourth-order valence-electron chi connectivity index (χ4n) is 3.40. The Balaban J connectivity index is 1.59. The molecule has 2 fully saturated rings. The molecule has 1 aliphatic heterocycles. The molecular weight excluding hydrogens is 276 g/mol. The minimum Gasteiger partial charge on any atom is -0.351 e. The predicted octanol–water partition coefficient (Wildman–Crippen LogP) is 3.24. The first-order valence-electron chi connectivity index (χ1n) is 8.71. The lowest BCUT2D eigenvalue weighted by atomic mass is 9.96. The van der Waals surface area contributed by atoms with Crippen molar-refractivity contribution in [2.24, 2.45) is 0 Å². The molecule has 3 rings (SSSR count). The third-order valence-electron chi connectivity index (χ3n) is 4.73. The van der Waals surface area contributed by atoms with Gasteiger partial charge in [0.1, 0.15) is 0 Å². The highest BCUT2D eigenvalue weighted by atomic mass is 16.2. The van der Waals surface area contributed by atoms with Crippen LogP contribution in [0.2, 0.25) is 0 Å². The van der Waals surface area contributed by atoms with E-state index >= 15 is 0 Å². The topological polar surface area (TPSA) is 58.1 Å². The maximum atomic E-state index is 12.5. The summed E-state index contributed by atoms with van der Waals surface area (Å²) in [5, 5.41) is 3.39. The van der Waals surface area contributed by atoms with E-state index in [9.17, 15) is 4.79 Å². The number of aromatic nitrogens is 2. The van der Waals surface area contributed by atoms with E-state index in [1.54, 1.807) is 12.4 Å². The van der Waals surface area contributed by atoms with Crippen molar-refractivity contribution in [3.05, 3.63) is 18.0 Å². The highest BCUT2D eigenvalue weighted by molar-refractivity contribution is 5.93. The van der Waals surface area contributed by atoms with Gasteiger partial charge in [-0.3, -0.25) is 4.79 Å². The third kappa shape index (κ3) is 3.96. The van der Waals surface area contributed by atoms with Crippen molar-refractivity contribution in [2.45, 2.75) is 63.8 Å². The fourth-order valence-corrected chi connectivity index (χ4v) is 3.40. The van der Waals surface area contributed by atoms with Crippen LogP contribution in [-0.2, 0) is 0 Å². The largest absolute Gasteiger partial charge is 0.351 e. The second-order valence-electron chi connectivity index (χ2n) is 6.48. The van der Waals surface area contributed by atoms with Gasteiger partial charge in [0.05, 0.1) is 5.56 Å². The molecule has 0 aromatic carbocycles. The number of amides is 1. The average Bonchev–Trinajstić information content (AvgIpc) is 2.85. The summed E-state index contributed by atoms with van der Waals surface area (Å²) in [7, 11) is 0. The number of hydrogen-bond donors (Lipinski definition) is 1. The Morgan fingerprint density at radius 2 is 1.55 bits per heavy atom. The number of carbonyl (C=O) groups is 1. The molecule has 0 atom stereocenters. The molecule has 1 saturated carbocycles. The maximum Gasteiger partial charge on any atom is 0.256 e. The summed E-state index contributed by atoms with van der Waals surface area (Å²) < 4.78 is 0. The molecule has 0 radical (unpaired) electrons. The van der Waals surface area contributed by atoms with Crippen molar-refractivity contribution in [3.63, 3.8) is 0 Å². The highest BCUT2D eigenvalue weighted by Crippen LogP contribution is 2.20. The van der Waals surface area contributed by atoms with Gasteiger partial charge in [-0.25, -0.2) is 9.97 Å². The van der Waals surface area contributed by atoms with E-state index in [1.807, 2.05) is 4.90 Å². The zero-order valence-corrected chi connectivity index (χ0v) is 13.3. The van der Waals surface area contributed by atoms with Crippen LogP contribution in [0.25, 0.3) is 0 Å². The molecule has 0 bridgehead atoms. The van der Waals surface area contributed by atoms with E-state index in [1.165, 1.54) is 44.9 Å². The van der Waals surface area contributed by atoms with E-state index in [4.69, 9.17) is 0 Å². The van der Waals surface area contributed by atoms with E-state index in [2.05, 4.69) is 15.3 Å². The van der Waals surface area contributed by atoms with Gasteiger partial charge in [0.2, 0.25) is 5.95 Å². The van der Waals surface area contributed by atoms with Crippen LogP contribution in [0.15, 0.2) is 12.4 Å². The number of likely N-dealkylation sites (tertiary alicyclic amines) is 1. The van der Waals surface area contributed by atoms with Gasteiger partial charge in [-0.1, -0.05) is 32.1 Å². The molecule has 5 heteroatoms. The molecule has 2 heterocycles. The number of anilines is 1. The van der Waals surface area contributed by atoms with E-state index in [0.717, 1.165) is 25.9 Å². The molecule has 1 aromatic heterocycles. The Kier molecular flexibility index (Phi) is 5.24. The first-order chi connectivity index (χ1) is 10.8. The Morgan fingerprint density at radius 3 is 2.18 bits per heavy atom. The molecule has 0 spiro atoms. The minimum absolute atomic E-state index is 0.0751. The van der Waals surface area contributed by atoms with Gasteiger partial charge in [0, 0.05) is 31.5 Å². The summed E-state index contributed by atoms with van der Waals surface area (Å²) in [5.74, 6) is 0.727. The molecule has 22 heavy (non-hydrogen) atoms. The van der Waals surface area contributed by atoms with Crippen LogP contribution in [0.4, 0.5) is 5.95 Å². The Labute approximate surface area is 132 Å². The van der Waals surface area contributed by atoms with Gasteiger partial charge < -0.3 is 10.2 Å². The van der Waals surface area contributed by atoms with Crippen LogP contribution in [-0.4, -0.2) is 39.9 Å². The highest BCUT2D eigenvalue weighted by Gasteiger charge is 2.18.